The van der Waals surface area contributed by atoms with Gasteiger partial charge in [0.15, 0.2) is 0 Å². The summed E-state index contributed by atoms with van der Waals surface area (Å²) in [6.45, 7) is 6.12. The number of thiazole rings is 1. The number of likely N-dealkylation sites (N-methyl/N-ethyl adjacent to an activating group) is 1. The molecule has 1 aliphatic rings. The third kappa shape index (κ3) is 3.50. The van der Waals surface area contributed by atoms with Gasteiger partial charge >= 0.3 is 0 Å². The molecule has 1 aliphatic heterocycles. The normalized spacial score (nSPS) is 21.9. The van der Waals surface area contributed by atoms with Crippen molar-refractivity contribution < 1.29 is 4.74 Å². The molecule has 96 valence electrons. The molecular formula is C13H22N2OS. The smallest absolute Gasteiger partial charge is 0.0946 e. The van der Waals surface area contributed by atoms with Crippen LogP contribution in [0.5, 0.6) is 0 Å². The van der Waals surface area contributed by atoms with Crippen molar-refractivity contribution in [2.45, 2.75) is 39.2 Å². The molecule has 1 fully saturated rings. The van der Waals surface area contributed by atoms with E-state index in [-0.39, 0.29) is 0 Å². The van der Waals surface area contributed by atoms with Gasteiger partial charge in [-0.25, -0.2) is 4.98 Å². The minimum atomic E-state index is 0.534. The Morgan fingerprint density at radius 1 is 1.53 bits per heavy atom. The van der Waals surface area contributed by atoms with E-state index in [1.807, 2.05) is 18.4 Å². The molecule has 4 heteroatoms. The minimum absolute atomic E-state index is 0.534. The number of hydrogen-bond acceptors (Lipinski definition) is 4. The Bertz CT molecular complexity index is 339. The predicted octanol–water partition coefficient (Wildman–Crippen LogP) is 2.32. The van der Waals surface area contributed by atoms with Crippen LogP contribution in [0.25, 0.3) is 0 Å². The quantitative estimate of drug-likeness (QED) is 0.875. The van der Waals surface area contributed by atoms with Gasteiger partial charge < -0.3 is 10.1 Å². The van der Waals surface area contributed by atoms with Gasteiger partial charge in [0.25, 0.3) is 0 Å². The van der Waals surface area contributed by atoms with E-state index in [1.54, 1.807) is 0 Å². The summed E-state index contributed by atoms with van der Waals surface area (Å²) < 4.78 is 5.44. The van der Waals surface area contributed by atoms with Crippen LogP contribution in [0, 0.1) is 19.8 Å². The van der Waals surface area contributed by atoms with Gasteiger partial charge in [0.2, 0.25) is 0 Å². The first-order valence-corrected chi connectivity index (χ1v) is 7.18. The predicted molar refractivity (Wildman–Crippen MR) is 71.7 cm³/mol. The first-order chi connectivity index (χ1) is 8.19. The highest BCUT2D eigenvalue weighted by Gasteiger charge is 2.21. The lowest BCUT2D eigenvalue weighted by Crippen LogP contribution is -2.30. The van der Waals surface area contributed by atoms with Gasteiger partial charge in [0.05, 0.1) is 10.7 Å². The van der Waals surface area contributed by atoms with E-state index in [9.17, 15) is 0 Å². The van der Waals surface area contributed by atoms with Gasteiger partial charge in [-0.3, -0.25) is 0 Å². The number of rotatable bonds is 5. The zero-order valence-electron chi connectivity index (χ0n) is 11.0. The number of nitrogens with zero attached hydrogens (tertiary/aromatic N) is 1. The average molecular weight is 254 g/mol. The van der Waals surface area contributed by atoms with E-state index in [2.05, 4.69) is 24.1 Å². The summed E-state index contributed by atoms with van der Waals surface area (Å²) in [6, 6.07) is 0.534. The van der Waals surface area contributed by atoms with E-state index in [0.717, 1.165) is 25.6 Å². The van der Waals surface area contributed by atoms with E-state index < -0.39 is 0 Å². The molecule has 0 spiro atoms. The van der Waals surface area contributed by atoms with Crippen molar-refractivity contribution in [3.8, 4) is 0 Å². The van der Waals surface area contributed by atoms with Crippen molar-refractivity contribution in [3.05, 3.63) is 15.6 Å². The highest BCUT2D eigenvalue weighted by Crippen LogP contribution is 2.22. The van der Waals surface area contributed by atoms with Crippen LogP contribution >= 0.6 is 11.3 Å². The molecule has 3 nitrogen and oxygen atoms in total. The average Bonchev–Trinajstić information content (AvgIpc) is 2.89. The van der Waals surface area contributed by atoms with Crippen molar-refractivity contribution in [3.63, 3.8) is 0 Å². The number of aromatic nitrogens is 1. The van der Waals surface area contributed by atoms with Crippen molar-refractivity contribution in [1.29, 1.82) is 0 Å². The second-order valence-electron chi connectivity index (χ2n) is 4.90. The van der Waals surface area contributed by atoms with Crippen molar-refractivity contribution >= 4 is 11.3 Å². The third-order valence-electron chi connectivity index (χ3n) is 3.54. The summed E-state index contributed by atoms with van der Waals surface area (Å²) >= 11 is 1.83. The Kier molecular flexibility index (Phi) is 4.54. The molecule has 0 amide bonds. The van der Waals surface area contributed by atoms with Crippen LogP contribution in [0.4, 0.5) is 0 Å². The Morgan fingerprint density at radius 2 is 2.35 bits per heavy atom. The molecule has 1 aromatic heterocycles. The monoisotopic (exact) mass is 254 g/mol. The van der Waals surface area contributed by atoms with Gasteiger partial charge in [-0.05, 0) is 39.7 Å². The Morgan fingerprint density at radius 3 is 2.88 bits per heavy atom. The standard InChI is InChI=1S/C13H22N2OS/c1-9-10(2)17-13(15-9)7-12(14-3)6-11-4-5-16-8-11/h11-12,14H,4-8H2,1-3H3. The van der Waals surface area contributed by atoms with E-state index >= 15 is 0 Å². The van der Waals surface area contributed by atoms with E-state index in [4.69, 9.17) is 4.74 Å². The SMILES string of the molecule is CNC(Cc1nc(C)c(C)s1)CC1CCOC1. The topological polar surface area (TPSA) is 34.2 Å². The molecule has 1 aromatic rings. The van der Waals surface area contributed by atoms with Crippen LogP contribution in [0.2, 0.25) is 0 Å². The molecule has 1 saturated heterocycles. The molecule has 0 radical (unpaired) electrons. The summed E-state index contributed by atoms with van der Waals surface area (Å²) in [5.74, 6) is 0.731. The summed E-state index contributed by atoms with van der Waals surface area (Å²) in [6.07, 6.45) is 3.47. The first kappa shape index (κ1) is 13.0. The molecule has 0 saturated carbocycles. The van der Waals surface area contributed by atoms with Crippen molar-refractivity contribution in [2.75, 3.05) is 20.3 Å². The molecule has 0 aliphatic carbocycles. The molecule has 1 N–H and O–H groups in total. The van der Waals surface area contributed by atoms with Crippen LogP contribution in [0.15, 0.2) is 0 Å². The Balaban J connectivity index is 1.89. The fourth-order valence-electron chi connectivity index (χ4n) is 2.31. The summed E-state index contributed by atoms with van der Waals surface area (Å²) in [5.41, 5.74) is 1.18. The molecule has 17 heavy (non-hydrogen) atoms. The first-order valence-electron chi connectivity index (χ1n) is 6.37. The third-order valence-corrected chi connectivity index (χ3v) is 4.64. The number of nitrogens with one attached hydrogen (secondary N) is 1. The van der Waals surface area contributed by atoms with Crippen LogP contribution in [-0.2, 0) is 11.2 Å². The highest BCUT2D eigenvalue weighted by atomic mass is 32.1. The second kappa shape index (κ2) is 5.94. The van der Waals surface area contributed by atoms with Gasteiger partial charge in [-0.15, -0.1) is 11.3 Å². The van der Waals surface area contributed by atoms with Gasteiger partial charge in [-0.2, -0.15) is 0 Å². The molecule has 2 atom stereocenters. The van der Waals surface area contributed by atoms with E-state index in [0.29, 0.717) is 6.04 Å². The van der Waals surface area contributed by atoms with Gasteiger partial charge in [0, 0.05) is 30.6 Å². The lowest BCUT2D eigenvalue weighted by Gasteiger charge is -2.18. The maximum atomic E-state index is 5.44. The van der Waals surface area contributed by atoms with Gasteiger partial charge in [-0.1, -0.05) is 0 Å². The number of aryl methyl sites for hydroxylation is 2. The van der Waals surface area contributed by atoms with Crippen molar-refractivity contribution in [2.24, 2.45) is 5.92 Å². The molecule has 2 rings (SSSR count). The zero-order chi connectivity index (χ0) is 12.3. The summed E-state index contributed by atoms with van der Waals surface area (Å²) in [7, 11) is 2.05. The molecule has 0 aromatic carbocycles. The van der Waals surface area contributed by atoms with E-state index in [1.165, 1.54) is 28.4 Å². The molecule has 2 unspecified atom stereocenters. The van der Waals surface area contributed by atoms with Crippen LogP contribution in [0.1, 0.15) is 28.4 Å². The largest absolute Gasteiger partial charge is 0.381 e. The zero-order valence-corrected chi connectivity index (χ0v) is 11.8. The van der Waals surface area contributed by atoms with Crippen LogP contribution in [-0.4, -0.2) is 31.3 Å². The lowest BCUT2D eigenvalue weighted by atomic mass is 9.97. The molecule has 0 bridgehead atoms. The number of hydrogen-bond donors (Lipinski definition) is 1. The Hall–Kier alpha value is -0.450. The molecular weight excluding hydrogens is 232 g/mol. The van der Waals surface area contributed by atoms with Gasteiger partial charge in [0.1, 0.15) is 0 Å². The fourth-order valence-corrected chi connectivity index (χ4v) is 3.33. The Labute approximate surface area is 108 Å². The van der Waals surface area contributed by atoms with Crippen LogP contribution < -0.4 is 5.32 Å². The van der Waals surface area contributed by atoms with Crippen molar-refractivity contribution in [1.82, 2.24) is 10.3 Å². The molecule has 2 heterocycles. The van der Waals surface area contributed by atoms with Crippen LogP contribution in [0.3, 0.4) is 0 Å². The highest BCUT2D eigenvalue weighted by molar-refractivity contribution is 7.11. The second-order valence-corrected chi connectivity index (χ2v) is 6.19. The fraction of sp³-hybridized carbons (Fsp3) is 0.769. The summed E-state index contributed by atoms with van der Waals surface area (Å²) in [4.78, 5) is 5.97. The summed E-state index contributed by atoms with van der Waals surface area (Å²) in [5, 5.41) is 4.68. The minimum Gasteiger partial charge on any atom is -0.381 e. The maximum Gasteiger partial charge on any atom is 0.0946 e. The lowest BCUT2D eigenvalue weighted by molar-refractivity contribution is 0.181. The maximum absolute atomic E-state index is 5.44. The number of ether oxygens (including phenoxy) is 1.